The van der Waals surface area contributed by atoms with Crippen LogP contribution in [0.15, 0.2) is 35.4 Å². The number of carboxylic acids is 1. The van der Waals surface area contributed by atoms with Crippen molar-refractivity contribution < 1.29 is 14.7 Å². The molecule has 1 aliphatic rings. The van der Waals surface area contributed by atoms with Crippen LogP contribution < -0.4 is 5.32 Å². The van der Waals surface area contributed by atoms with Crippen LogP contribution in [0, 0.1) is 11.3 Å². The Kier molecular flexibility index (Phi) is 6.66. The Balaban J connectivity index is 1.69. The van der Waals surface area contributed by atoms with Crippen molar-refractivity contribution in [3.8, 4) is 6.07 Å². The fourth-order valence-electron chi connectivity index (χ4n) is 3.22. The average molecular weight is 395 g/mol. The number of hydrogen-bond donors (Lipinski definition) is 2. The van der Waals surface area contributed by atoms with E-state index in [0.717, 1.165) is 36.9 Å². The Labute approximate surface area is 168 Å². The van der Waals surface area contributed by atoms with E-state index in [9.17, 15) is 14.9 Å². The summed E-state index contributed by atoms with van der Waals surface area (Å²) in [5.41, 5.74) is 3.23. The van der Waals surface area contributed by atoms with Crippen molar-refractivity contribution in [1.82, 2.24) is 4.98 Å². The largest absolute Gasteiger partial charge is 0.478 e. The van der Waals surface area contributed by atoms with Crippen LogP contribution in [0.5, 0.6) is 0 Å². The molecule has 0 bridgehead atoms. The molecule has 0 spiro atoms. The minimum Gasteiger partial charge on any atom is -0.478 e. The number of carbonyl (C=O) groups is 2. The van der Waals surface area contributed by atoms with Gasteiger partial charge in [-0.15, -0.1) is 0 Å². The Morgan fingerprint density at radius 1 is 1.18 bits per heavy atom. The van der Waals surface area contributed by atoms with Crippen LogP contribution in [0.3, 0.4) is 0 Å². The summed E-state index contributed by atoms with van der Waals surface area (Å²) in [5.74, 6) is -1.23. The van der Waals surface area contributed by atoms with Gasteiger partial charge in [0.2, 0.25) is 5.91 Å². The van der Waals surface area contributed by atoms with E-state index in [2.05, 4.69) is 16.4 Å². The third-order valence-corrected chi connectivity index (χ3v) is 5.61. The van der Waals surface area contributed by atoms with Crippen molar-refractivity contribution in [3.05, 3.63) is 52.7 Å². The summed E-state index contributed by atoms with van der Waals surface area (Å²) >= 11 is 1.23. The minimum atomic E-state index is -1.05. The number of nitriles is 1. The molecule has 0 atom stereocenters. The summed E-state index contributed by atoms with van der Waals surface area (Å²) in [5, 5.41) is 21.8. The van der Waals surface area contributed by atoms with Crippen LogP contribution in [0.1, 0.15) is 52.9 Å². The number of hydrogen-bond acceptors (Lipinski definition) is 5. The summed E-state index contributed by atoms with van der Waals surface area (Å²) in [6.45, 7) is 0. The van der Waals surface area contributed by atoms with Gasteiger partial charge < -0.3 is 10.4 Å². The minimum absolute atomic E-state index is 0.0950. The highest BCUT2D eigenvalue weighted by Crippen LogP contribution is 2.26. The van der Waals surface area contributed by atoms with Gasteiger partial charge in [-0.2, -0.15) is 5.26 Å². The number of thioether (sulfide) groups is 1. The number of amides is 1. The number of carboxylic acid groups (broad SMARTS) is 1. The molecular weight excluding hydrogens is 374 g/mol. The molecule has 0 aliphatic heterocycles. The number of pyridine rings is 1. The number of rotatable bonds is 5. The molecule has 7 heteroatoms. The number of aromatic carboxylic acids is 1. The van der Waals surface area contributed by atoms with Gasteiger partial charge in [-0.05, 0) is 55.5 Å². The monoisotopic (exact) mass is 395 g/mol. The van der Waals surface area contributed by atoms with Gasteiger partial charge >= 0.3 is 5.97 Å². The van der Waals surface area contributed by atoms with Crippen LogP contribution in [0.4, 0.5) is 5.69 Å². The topological polar surface area (TPSA) is 103 Å². The maximum atomic E-state index is 12.3. The number of nitrogens with one attached hydrogen (secondary N) is 1. The van der Waals surface area contributed by atoms with E-state index < -0.39 is 5.97 Å². The number of fused-ring (bicyclic) bond motifs is 1. The molecule has 0 saturated carbocycles. The molecule has 6 nitrogen and oxygen atoms in total. The third kappa shape index (κ3) is 5.11. The molecule has 3 rings (SSSR count). The first kappa shape index (κ1) is 19.9. The summed E-state index contributed by atoms with van der Waals surface area (Å²) in [7, 11) is 0. The molecule has 0 fully saturated rings. The van der Waals surface area contributed by atoms with Gasteiger partial charge in [-0.3, -0.25) is 4.79 Å². The van der Waals surface area contributed by atoms with Crippen LogP contribution >= 0.6 is 11.8 Å². The molecule has 2 aromatic rings. The van der Waals surface area contributed by atoms with Crippen molar-refractivity contribution >= 4 is 29.3 Å². The molecule has 1 amide bonds. The fourth-order valence-corrected chi connectivity index (χ4v) is 3.99. The lowest BCUT2D eigenvalue weighted by Gasteiger charge is -2.15. The Morgan fingerprint density at radius 3 is 2.71 bits per heavy atom. The van der Waals surface area contributed by atoms with Crippen molar-refractivity contribution in [3.63, 3.8) is 0 Å². The molecule has 0 radical (unpaired) electrons. The molecule has 144 valence electrons. The summed E-state index contributed by atoms with van der Waals surface area (Å²) in [6, 6.07) is 10.2. The van der Waals surface area contributed by atoms with Crippen LogP contribution in [-0.2, 0) is 17.6 Å². The number of carbonyl (C=O) groups excluding carboxylic acids is 1. The zero-order chi connectivity index (χ0) is 19.9. The van der Waals surface area contributed by atoms with Gasteiger partial charge in [-0.1, -0.05) is 30.7 Å². The Hall–Kier alpha value is -2.85. The van der Waals surface area contributed by atoms with E-state index in [0.29, 0.717) is 16.3 Å². The molecule has 2 N–H and O–H groups in total. The lowest BCUT2D eigenvalue weighted by atomic mass is 9.96. The second-order valence-electron chi connectivity index (χ2n) is 6.70. The van der Waals surface area contributed by atoms with E-state index >= 15 is 0 Å². The van der Waals surface area contributed by atoms with Gasteiger partial charge in [0.15, 0.2) is 0 Å². The normalized spacial score (nSPS) is 13.5. The first-order valence-electron chi connectivity index (χ1n) is 9.25. The smallest absolute Gasteiger partial charge is 0.335 e. The zero-order valence-electron chi connectivity index (χ0n) is 15.4. The molecule has 1 aromatic carbocycles. The van der Waals surface area contributed by atoms with Crippen molar-refractivity contribution in [2.75, 3.05) is 11.1 Å². The molecule has 28 heavy (non-hydrogen) atoms. The maximum absolute atomic E-state index is 12.3. The first-order chi connectivity index (χ1) is 13.6. The SMILES string of the molecule is N#Cc1cc2c(nc1SCC(=O)Nc1cccc(C(=O)O)c1)CCCCCC2. The van der Waals surface area contributed by atoms with Crippen molar-refractivity contribution in [2.45, 2.75) is 43.6 Å². The number of benzene rings is 1. The zero-order valence-corrected chi connectivity index (χ0v) is 16.2. The second kappa shape index (κ2) is 9.38. The average Bonchev–Trinajstić information content (AvgIpc) is 2.67. The predicted molar refractivity (Wildman–Crippen MR) is 108 cm³/mol. The molecule has 0 unspecified atom stereocenters. The number of aromatic nitrogens is 1. The summed E-state index contributed by atoms with van der Waals surface area (Å²) in [4.78, 5) is 28.0. The summed E-state index contributed by atoms with van der Waals surface area (Å²) in [6.07, 6.45) is 6.47. The van der Waals surface area contributed by atoms with E-state index in [1.54, 1.807) is 12.1 Å². The third-order valence-electron chi connectivity index (χ3n) is 4.62. The van der Waals surface area contributed by atoms with E-state index in [1.807, 2.05) is 6.07 Å². The Bertz CT molecular complexity index is 937. The van der Waals surface area contributed by atoms with E-state index in [1.165, 1.54) is 36.7 Å². The second-order valence-corrected chi connectivity index (χ2v) is 7.66. The van der Waals surface area contributed by atoms with Crippen molar-refractivity contribution in [2.24, 2.45) is 0 Å². The van der Waals surface area contributed by atoms with E-state index in [4.69, 9.17) is 5.11 Å². The highest BCUT2D eigenvalue weighted by molar-refractivity contribution is 8.00. The van der Waals surface area contributed by atoms with E-state index in [-0.39, 0.29) is 17.2 Å². The van der Waals surface area contributed by atoms with Crippen LogP contribution in [-0.4, -0.2) is 27.7 Å². The number of anilines is 1. The van der Waals surface area contributed by atoms with Gasteiger partial charge in [-0.25, -0.2) is 9.78 Å². The quantitative estimate of drug-likeness (QED) is 0.741. The van der Waals surface area contributed by atoms with Gasteiger partial charge in [0, 0.05) is 11.4 Å². The summed E-state index contributed by atoms with van der Waals surface area (Å²) < 4.78 is 0. The van der Waals surface area contributed by atoms with Crippen LogP contribution in [0.2, 0.25) is 0 Å². The number of aryl methyl sites for hydroxylation is 2. The van der Waals surface area contributed by atoms with Crippen molar-refractivity contribution in [1.29, 1.82) is 5.26 Å². The predicted octanol–water partition coefficient (Wildman–Crippen LogP) is 4.04. The van der Waals surface area contributed by atoms with Gasteiger partial charge in [0.25, 0.3) is 0 Å². The molecule has 1 aliphatic carbocycles. The lowest BCUT2D eigenvalue weighted by molar-refractivity contribution is -0.113. The molecule has 0 saturated heterocycles. The molecule has 1 aromatic heterocycles. The number of nitrogens with zero attached hydrogens (tertiary/aromatic N) is 2. The van der Waals surface area contributed by atoms with Gasteiger partial charge in [0.05, 0.1) is 16.9 Å². The van der Waals surface area contributed by atoms with Crippen LogP contribution in [0.25, 0.3) is 0 Å². The maximum Gasteiger partial charge on any atom is 0.335 e. The standard InChI is InChI=1S/C21H21N3O3S/c22-12-16-10-14-6-3-1-2-4-9-18(14)24-20(16)28-13-19(25)23-17-8-5-7-15(11-17)21(26)27/h5,7-8,10-11H,1-4,6,9,13H2,(H,23,25)(H,26,27). The highest BCUT2D eigenvalue weighted by Gasteiger charge is 2.15. The molecular formula is C21H21N3O3S. The highest BCUT2D eigenvalue weighted by atomic mass is 32.2. The molecule has 1 heterocycles. The Morgan fingerprint density at radius 2 is 1.96 bits per heavy atom. The lowest BCUT2D eigenvalue weighted by Crippen LogP contribution is -2.15. The fraction of sp³-hybridized carbons (Fsp3) is 0.333. The first-order valence-corrected chi connectivity index (χ1v) is 10.2. The van der Waals surface area contributed by atoms with Gasteiger partial charge in [0.1, 0.15) is 11.1 Å².